The number of para-hydroxylation sites is 1. The molecule has 0 spiro atoms. The van der Waals surface area contributed by atoms with Crippen LogP contribution in [0, 0.1) is 0 Å². The van der Waals surface area contributed by atoms with Crippen LogP contribution in [-0.2, 0) is 0 Å². The molecule has 2 amide bonds. The average Bonchev–Trinajstić information content (AvgIpc) is 3.19. The second-order valence-corrected chi connectivity index (χ2v) is 6.90. The Morgan fingerprint density at radius 2 is 1.53 bits per heavy atom. The zero-order chi connectivity index (χ0) is 22.5. The summed E-state index contributed by atoms with van der Waals surface area (Å²) in [5.41, 5.74) is 1.81. The van der Waals surface area contributed by atoms with Crippen LogP contribution in [0.15, 0.2) is 77.2 Å². The number of nitrogens with one attached hydrogen (secondary N) is 2. The van der Waals surface area contributed by atoms with E-state index in [-0.39, 0.29) is 11.7 Å². The van der Waals surface area contributed by atoms with Crippen LogP contribution >= 0.6 is 0 Å². The van der Waals surface area contributed by atoms with Crippen LogP contribution in [0.1, 0.15) is 27.8 Å². The standard InChI is InChI=1S/C25H22N2O5/c1-3-31-19-14-10-17(11-15-19)26-25(29)23-22(20-6-4-5-7-21(20)32-23)27-24(28)16-8-12-18(30-2)13-9-16/h4-15H,3H2,1-2H3,(H,26,29)(H,27,28). The van der Waals surface area contributed by atoms with Crippen molar-refractivity contribution in [2.75, 3.05) is 24.4 Å². The first-order valence-corrected chi connectivity index (χ1v) is 10.1. The lowest BCUT2D eigenvalue weighted by atomic mass is 10.1. The van der Waals surface area contributed by atoms with Crippen molar-refractivity contribution >= 4 is 34.2 Å². The Balaban J connectivity index is 1.61. The smallest absolute Gasteiger partial charge is 0.293 e. The molecule has 0 aliphatic carbocycles. The lowest BCUT2D eigenvalue weighted by molar-refractivity contribution is 0.0999. The third-order valence-electron chi connectivity index (χ3n) is 4.82. The quantitative estimate of drug-likeness (QED) is 0.413. The highest BCUT2D eigenvalue weighted by Crippen LogP contribution is 2.32. The minimum Gasteiger partial charge on any atom is -0.497 e. The van der Waals surface area contributed by atoms with Gasteiger partial charge in [0.15, 0.2) is 0 Å². The van der Waals surface area contributed by atoms with E-state index in [0.29, 0.717) is 46.0 Å². The van der Waals surface area contributed by atoms with Gasteiger partial charge >= 0.3 is 0 Å². The summed E-state index contributed by atoms with van der Waals surface area (Å²) < 4.78 is 16.4. The SMILES string of the molecule is CCOc1ccc(NC(=O)c2oc3ccccc3c2NC(=O)c2ccc(OC)cc2)cc1. The van der Waals surface area contributed by atoms with Gasteiger partial charge in [0, 0.05) is 16.6 Å². The molecule has 162 valence electrons. The minimum absolute atomic E-state index is 0.0157. The summed E-state index contributed by atoms with van der Waals surface area (Å²) >= 11 is 0. The fraction of sp³-hybridized carbons (Fsp3) is 0.120. The lowest BCUT2D eigenvalue weighted by Crippen LogP contribution is -2.17. The molecular formula is C25H22N2O5. The molecule has 4 aromatic rings. The van der Waals surface area contributed by atoms with Crippen LogP contribution in [0.25, 0.3) is 11.0 Å². The van der Waals surface area contributed by atoms with Crippen molar-refractivity contribution in [2.45, 2.75) is 6.92 Å². The van der Waals surface area contributed by atoms with Crippen molar-refractivity contribution in [1.82, 2.24) is 0 Å². The fourth-order valence-electron chi connectivity index (χ4n) is 3.25. The molecule has 32 heavy (non-hydrogen) atoms. The zero-order valence-electron chi connectivity index (χ0n) is 17.7. The van der Waals surface area contributed by atoms with E-state index in [1.54, 1.807) is 73.8 Å². The van der Waals surface area contributed by atoms with Gasteiger partial charge in [-0.15, -0.1) is 0 Å². The predicted molar refractivity (Wildman–Crippen MR) is 123 cm³/mol. The van der Waals surface area contributed by atoms with Gasteiger partial charge in [-0.2, -0.15) is 0 Å². The molecule has 2 N–H and O–H groups in total. The Morgan fingerprint density at radius 1 is 0.844 bits per heavy atom. The van der Waals surface area contributed by atoms with Crippen molar-refractivity contribution in [1.29, 1.82) is 0 Å². The summed E-state index contributed by atoms with van der Waals surface area (Å²) in [6, 6.07) is 20.8. The Hall–Kier alpha value is -4.26. The molecule has 3 aromatic carbocycles. The number of amides is 2. The molecule has 7 nitrogen and oxygen atoms in total. The number of anilines is 2. The van der Waals surface area contributed by atoms with E-state index in [9.17, 15) is 9.59 Å². The van der Waals surface area contributed by atoms with Gasteiger partial charge in [-0.05, 0) is 67.6 Å². The van der Waals surface area contributed by atoms with Gasteiger partial charge in [-0.3, -0.25) is 9.59 Å². The third-order valence-corrected chi connectivity index (χ3v) is 4.82. The van der Waals surface area contributed by atoms with Gasteiger partial charge in [0.25, 0.3) is 11.8 Å². The molecule has 0 unspecified atom stereocenters. The van der Waals surface area contributed by atoms with Crippen LogP contribution in [0.4, 0.5) is 11.4 Å². The molecule has 1 aromatic heterocycles. The lowest BCUT2D eigenvalue weighted by Gasteiger charge is -2.09. The van der Waals surface area contributed by atoms with Crippen LogP contribution in [0.2, 0.25) is 0 Å². The number of hydrogen-bond acceptors (Lipinski definition) is 5. The Morgan fingerprint density at radius 3 is 2.22 bits per heavy atom. The first-order chi connectivity index (χ1) is 15.6. The molecular weight excluding hydrogens is 408 g/mol. The molecule has 4 rings (SSSR count). The van der Waals surface area contributed by atoms with E-state index in [1.807, 2.05) is 13.0 Å². The maximum Gasteiger partial charge on any atom is 0.293 e. The topological polar surface area (TPSA) is 89.8 Å². The number of carbonyl (C=O) groups is 2. The van der Waals surface area contributed by atoms with Gasteiger partial charge in [0.1, 0.15) is 22.8 Å². The van der Waals surface area contributed by atoms with Crippen molar-refractivity contribution in [2.24, 2.45) is 0 Å². The molecule has 0 saturated heterocycles. The van der Waals surface area contributed by atoms with E-state index < -0.39 is 5.91 Å². The first kappa shape index (κ1) is 21.0. The molecule has 0 saturated carbocycles. The van der Waals surface area contributed by atoms with E-state index >= 15 is 0 Å². The molecule has 7 heteroatoms. The van der Waals surface area contributed by atoms with Crippen LogP contribution in [0.3, 0.4) is 0 Å². The second kappa shape index (κ2) is 9.26. The number of carbonyl (C=O) groups excluding carboxylic acids is 2. The first-order valence-electron chi connectivity index (χ1n) is 10.1. The highest BCUT2D eigenvalue weighted by Gasteiger charge is 2.23. The number of benzene rings is 3. The number of hydrogen-bond donors (Lipinski definition) is 2. The van der Waals surface area contributed by atoms with Crippen LogP contribution in [-0.4, -0.2) is 25.5 Å². The molecule has 0 atom stereocenters. The number of methoxy groups -OCH3 is 1. The van der Waals surface area contributed by atoms with Crippen LogP contribution < -0.4 is 20.1 Å². The molecule has 1 heterocycles. The highest BCUT2D eigenvalue weighted by molar-refractivity contribution is 6.16. The van der Waals surface area contributed by atoms with Crippen molar-refractivity contribution < 1.29 is 23.5 Å². The molecule has 0 fully saturated rings. The Bertz CT molecular complexity index is 1240. The van der Waals surface area contributed by atoms with E-state index in [1.165, 1.54) is 0 Å². The van der Waals surface area contributed by atoms with Crippen molar-refractivity contribution in [3.05, 3.63) is 84.1 Å². The summed E-state index contributed by atoms with van der Waals surface area (Å²) in [6.07, 6.45) is 0. The van der Waals surface area contributed by atoms with Gasteiger partial charge in [0.05, 0.1) is 13.7 Å². The molecule has 0 aliphatic rings. The zero-order valence-corrected chi connectivity index (χ0v) is 17.7. The van der Waals surface area contributed by atoms with E-state index in [0.717, 1.165) is 0 Å². The average molecular weight is 430 g/mol. The molecule has 0 radical (unpaired) electrons. The number of fused-ring (bicyclic) bond motifs is 1. The molecule has 0 aliphatic heterocycles. The second-order valence-electron chi connectivity index (χ2n) is 6.90. The Labute approximate surface area is 184 Å². The van der Waals surface area contributed by atoms with E-state index in [4.69, 9.17) is 13.9 Å². The number of furan rings is 1. The van der Waals surface area contributed by atoms with Gasteiger partial charge in [-0.1, -0.05) is 12.1 Å². The number of rotatable bonds is 7. The summed E-state index contributed by atoms with van der Waals surface area (Å²) in [7, 11) is 1.56. The van der Waals surface area contributed by atoms with Gasteiger partial charge in [0.2, 0.25) is 5.76 Å². The normalized spacial score (nSPS) is 10.6. The summed E-state index contributed by atoms with van der Waals surface area (Å²) in [4.78, 5) is 25.9. The van der Waals surface area contributed by atoms with Crippen LogP contribution in [0.5, 0.6) is 11.5 Å². The molecule has 0 bridgehead atoms. The maximum absolute atomic E-state index is 13.0. The van der Waals surface area contributed by atoms with Crippen molar-refractivity contribution in [3.63, 3.8) is 0 Å². The Kier molecular flexibility index (Phi) is 6.07. The summed E-state index contributed by atoms with van der Waals surface area (Å²) in [6.45, 7) is 2.46. The highest BCUT2D eigenvalue weighted by atomic mass is 16.5. The minimum atomic E-state index is -0.476. The van der Waals surface area contributed by atoms with E-state index in [2.05, 4.69) is 10.6 Å². The van der Waals surface area contributed by atoms with Gasteiger partial charge < -0.3 is 24.5 Å². The predicted octanol–water partition coefficient (Wildman–Crippen LogP) is 5.34. The summed E-state index contributed by atoms with van der Waals surface area (Å²) in [5, 5.41) is 6.26. The third kappa shape index (κ3) is 4.41. The monoisotopic (exact) mass is 430 g/mol. The van der Waals surface area contributed by atoms with Crippen molar-refractivity contribution in [3.8, 4) is 11.5 Å². The fourth-order valence-corrected chi connectivity index (χ4v) is 3.25. The maximum atomic E-state index is 13.0. The largest absolute Gasteiger partial charge is 0.497 e. The summed E-state index contributed by atoms with van der Waals surface area (Å²) in [5.74, 6) is 0.527. The number of ether oxygens (including phenoxy) is 2. The van der Waals surface area contributed by atoms with Gasteiger partial charge in [-0.25, -0.2) is 0 Å².